The Morgan fingerprint density at radius 1 is 1.24 bits per heavy atom. The molecule has 1 heterocycles. The van der Waals surface area contributed by atoms with Crippen LogP contribution >= 0.6 is 0 Å². The third-order valence-electron chi connectivity index (χ3n) is 3.00. The van der Waals surface area contributed by atoms with E-state index in [1.807, 2.05) is 24.4 Å². The van der Waals surface area contributed by atoms with Crippen LogP contribution in [0.4, 0.5) is 0 Å². The Kier molecular flexibility index (Phi) is 3.59. The van der Waals surface area contributed by atoms with Crippen molar-refractivity contribution >= 4 is 0 Å². The molecule has 3 nitrogen and oxygen atoms in total. The summed E-state index contributed by atoms with van der Waals surface area (Å²) in [6.07, 6.45) is 1.91. The van der Waals surface area contributed by atoms with Crippen LogP contribution in [0.5, 0.6) is 0 Å². The summed E-state index contributed by atoms with van der Waals surface area (Å²) in [5.74, 6) is 1.58. The van der Waals surface area contributed by atoms with E-state index in [1.54, 1.807) is 0 Å². The number of hydrogen-bond donors (Lipinski definition) is 2. The zero-order valence-corrected chi connectivity index (χ0v) is 10.4. The molecule has 1 aromatic carbocycles. The monoisotopic (exact) mass is 229 g/mol. The molecule has 2 rings (SSSR count). The Bertz CT molecular complexity index is 459. The number of nitrogens with zero attached hydrogens (tertiary/aromatic N) is 1. The topological polar surface area (TPSA) is 54.7 Å². The predicted molar refractivity (Wildman–Crippen MR) is 70.0 cm³/mol. The number of imidazole rings is 1. The summed E-state index contributed by atoms with van der Waals surface area (Å²) in [6, 6.07) is 10.3. The van der Waals surface area contributed by atoms with Crippen LogP contribution in [0.25, 0.3) is 0 Å². The molecule has 3 N–H and O–H groups in total. The molecular weight excluding hydrogens is 210 g/mol. The highest BCUT2D eigenvalue weighted by Gasteiger charge is 2.16. The van der Waals surface area contributed by atoms with Gasteiger partial charge in [0.25, 0.3) is 0 Å². The summed E-state index contributed by atoms with van der Waals surface area (Å²) in [5.41, 5.74) is 8.23. The van der Waals surface area contributed by atoms with Crippen LogP contribution in [0.2, 0.25) is 0 Å². The van der Waals surface area contributed by atoms with E-state index >= 15 is 0 Å². The molecule has 0 saturated carbocycles. The number of nitrogens with one attached hydrogen (secondary N) is 1. The maximum Gasteiger partial charge on any atom is 0.115 e. The van der Waals surface area contributed by atoms with Crippen molar-refractivity contribution in [3.63, 3.8) is 0 Å². The van der Waals surface area contributed by atoms with Gasteiger partial charge < -0.3 is 10.7 Å². The van der Waals surface area contributed by atoms with Gasteiger partial charge in [-0.2, -0.15) is 0 Å². The quantitative estimate of drug-likeness (QED) is 0.846. The highest BCUT2D eigenvalue weighted by Crippen LogP contribution is 2.22. The van der Waals surface area contributed by atoms with E-state index in [-0.39, 0.29) is 5.92 Å². The fraction of sp³-hybridized carbons (Fsp3) is 0.357. The van der Waals surface area contributed by atoms with E-state index in [1.165, 1.54) is 5.56 Å². The second-order valence-electron chi connectivity index (χ2n) is 4.58. The Balaban J connectivity index is 2.29. The molecule has 0 aliphatic heterocycles. The van der Waals surface area contributed by atoms with E-state index < -0.39 is 0 Å². The average molecular weight is 229 g/mol. The number of aromatic nitrogens is 2. The smallest absolute Gasteiger partial charge is 0.115 e. The van der Waals surface area contributed by atoms with Gasteiger partial charge in [-0.1, -0.05) is 44.2 Å². The molecule has 0 saturated heterocycles. The molecule has 2 aromatic rings. The van der Waals surface area contributed by atoms with Gasteiger partial charge in [0.2, 0.25) is 0 Å². The van der Waals surface area contributed by atoms with Crippen LogP contribution in [0, 0.1) is 0 Å². The van der Waals surface area contributed by atoms with Crippen LogP contribution in [-0.2, 0) is 0 Å². The maximum atomic E-state index is 5.86. The normalized spacial score (nSPS) is 12.9. The minimum absolute atomic E-state index is 0.156. The molecular formula is C14H19N3. The molecule has 3 heteroatoms. The summed E-state index contributed by atoms with van der Waals surface area (Å²) in [4.78, 5) is 7.82. The lowest BCUT2D eigenvalue weighted by Gasteiger charge is -2.12. The van der Waals surface area contributed by atoms with Crippen LogP contribution < -0.4 is 5.73 Å². The summed E-state index contributed by atoms with van der Waals surface area (Å²) in [6.45, 7) is 4.86. The van der Waals surface area contributed by atoms with Crippen molar-refractivity contribution in [2.75, 3.05) is 6.54 Å². The van der Waals surface area contributed by atoms with E-state index in [9.17, 15) is 0 Å². The number of rotatable bonds is 4. The first kappa shape index (κ1) is 11.9. The first-order chi connectivity index (χ1) is 8.22. The van der Waals surface area contributed by atoms with Gasteiger partial charge in [-0.3, -0.25) is 0 Å². The molecule has 17 heavy (non-hydrogen) atoms. The van der Waals surface area contributed by atoms with E-state index in [4.69, 9.17) is 5.73 Å². The fourth-order valence-corrected chi connectivity index (χ4v) is 1.91. The first-order valence-electron chi connectivity index (χ1n) is 6.02. The van der Waals surface area contributed by atoms with Gasteiger partial charge in [0.15, 0.2) is 0 Å². The molecule has 0 aliphatic carbocycles. The molecule has 1 aromatic heterocycles. The van der Waals surface area contributed by atoms with Gasteiger partial charge in [0, 0.05) is 18.4 Å². The molecule has 0 bridgehead atoms. The minimum Gasteiger partial charge on any atom is -0.345 e. The van der Waals surface area contributed by atoms with Gasteiger partial charge in [-0.25, -0.2) is 4.98 Å². The Labute approximate surface area is 102 Å². The van der Waals surface area contributed by atoms with Gasteiger partial charge in [0.1, 0.15) is 5.82 Å². The third kappa shape index (κ3) is 2.56. The summed E-state index contributed by atoms with van der Waals surface area (Å²) >= 11 is 0. The zero-order chi connectivity index (χ0) is 12.3. The average Bonchev–Trinajstić information content (AvgIpc) is 2.81. The lowest BCUT2D eigenvalue weighted by molar-refractivity contribution is 0.751. The lowest BCUT2D eigenvalue weighted by atomic mass is 9.99. The fourth-order valence-electron chi connectivity index (χ4n) is 1.91. The number of aromatic amines is 1. The van der Waals surface area contributed by atoms with Crippen LogP contribution in [0.15, 0.2) is 36.5 Å². The molecule has 0 aliphatic rings. The van der Waals surface area contributed by atoms with Crippen molar-refractivity contribution in [2.24, 2.45) is 5.73 Å². The standard InChI is InChI=1S/C14H19N3/c1-10(2)13-9-16-14(17-13)12(8-15)11-6-4-3-5-7-11/h3-7,9-10,12H,8,15H2,1-2H3,(H,16,17). The largest absolute Gasteiger partial charge is 0.345 e. The second kappa shape index (κ2) is 5.15. The van der Waals surface area contributed by atoms with E-state index in [0.29, 0.717) is 12.5 Å². The lowest BCUT2D eigenvalue weighted by Crippen LogP contribution is -2.15. The van der Waals surface area contributed by atoms with Crippen LogP contribution in [0.1, 0.15) is 42.8 Å². The number of nitrogens with two attached hydrogens (primary N) is 1. The Morgan fingerprint density at radius 3 is 2.47 bits per heavy atom. The van der Waals surface area contributed by atoms with Crippen LogP contribution in [0.3, 0.4) is 0 Å². The van der Waals surface area contributed by atoms with E-state index in [2.05, 4.69) is 35.9 Å². The summed E-state index contributed by atoms with van der Waals surface area (Å²) in [7, 11) is 0. The van der Waals surface area contributed by atoms with Crippen molar-refractivity contribution in [2.45, 2.75) is 25.7 Å². The maximum absolute atomic E-state index is 5.86. The number of benzene rings is 1. The van der Waals surface area contributed by atoms with Gasteiger partial charge in [-0.15, -0.1) is 0 Å². The van der Waals surface area contributed by atoms with E-state index in [0.717, 1.165) is 11.5 Å². The van der Waals surface area contributed by atoms with Crippen molar-refractivity contribution in [1.82, 2.24) is 9.97 Å². The summed E-state index contributed by atoms with van der Waals surface area (Å²) < 4.78 is 0. The number of hydrogen-bond acceptors (Lipinski definition) is 2. The number of H-pyrrole nitrogens is 1. The SMILES string of the molecule is CC(C)c1cnc(C(CN)c2ccccc2)[nH]1. The highest BCUT2D eigenvalue weighted by atomic mass is 14.9. The third-order valence-corrected chi connectivity index (χ3v) is 3.00. The van der Waals surface area contributed by atoms with Gasteiger partial charge in [0.05, 0.1) is 5.92 Å². The van der Waals surface area contributed by atoms with Crippen molar-refractivity contribution in [1.29, 1.82) is 0 Å². The second-order valence-corrected chi connectivity index (χ2v) is 4.58. The highest BCUT2D eigenvalue weighted by molar-refractivity contribution is 5.26. The molecule has 0 amide bonds. The van der Waals surface area contributed by atoms with Crippen molar-refractivity contribution < 1.29 is 0 Å². The first-order valence-corrected chi connectivity index (χ1v) is 6.02. The Morgan fingerprint density at radius 2 is 1.94 bits per heavy atom. The van der Waals surface area contributed by atoms with Crippen LogP contribution in [-0.4, -0.2) is 16.5 Å². The molecule has 1 unspecified atom stereocenters. The molecule has 0 spiro atoms. The minimum atomic E-state index is 0.156. The predicted octanol–water partition coefficient (Wildman–Crippen LogP) is 2.62. The summed E-state index contributed by atoms with van der Waals surface area (Å²) in [5, 5.41) is 0. The molecule has 90 valence electrons. The molecule has 1 atom stereocenters. The van der Waals surface area contributed by atoms with Gasteiger partial charge >= 0.3 is 0 Å². The molecule has 0 fully saturated rings. The Hall–Kier alpha value is -1.61. The van der Waals surface area contributed by atoms with Crippen molar-refractivity contribution in [3.05, 3.63) is 53.6 Å². The zero-order valence-electron chi connectivity index (χ0n) is 10.4. The molecule has 0 radical (unpaired) electrons. The van der Waals surface area contributed by atoms with Gasteiger partial charge in [-0.05, 0) is 11.5 Å². The van der Waals surface area contributed by atoms with Crippen molar-refractivity contribution in [3.8, 4) is 0 Å².